The van der Waals surface area contributed by atoms with Crippen LogP contribution in [0.5, 0.6) is 0 Å². The lowest BCUT2D eigenvalue weighted by molar-refractivity contribution is 0.624. The summed E-state index contributed by atoms with van der Waals surface area (Å²) < 4.78 is 15.5. The highest BCUT2D eigenvalue weighted by Crippen LogP contribution is 2.24. The fraction of sp³-hybridized carbons (Fsp3) is 0.0556. The van der Waals surface area contributed by atoms with Gasteiger partial charge in [-0.2, -0.15) is 0 Å². The molecule has 0 atom stereocenters. The molecule has 0 spiro atoms. The SMILES string of the molecule is Fc1cccc(Cn2c(-c3cccnc3)nc3cccnc32)c1. The molecule has 1 aromatic carbocycles. The van der Waals surface area contributed by atoms with Crippen molar-refractivity contribution in [2.75, 3.05) is 0 Å². The smallest absolute Gasteiger partial charge is 0.160 e. The Labute approximate surface area is 132 Å². The molecular weight excluding hydrogens is 291 g/mol. The molecule has 0 aliphatic rings. The first-order chi connectivity index (χ1) is 11.3. The predicted molar refractivity (Wildman–Crippen MR) is 86.3 cm³/mol. The third kappa shape index (κ3) is 2.57. The minimum atomic E-state index is -0.247. The molecule has 0 bridgehead atoms. The molecule has 0 aliphatic heterocycles. The van der Waals surface area contributed by atoms with Crippen molar-refractivity contribution in [3.05, 3.63) is 78.5 Å². The molecule has 0 saturated carbocycles. The van der Waals surface area contributed by atoms with E-state index in [0.29, 0.717) is 6.54 Å². The Kier molecular flexibility index (Phi) is 3.31. The van der Waals surface area contributed by atoms with E-state index >= 15 is 0 Å². The number of fused-ring (bicyclic) bond motifs is 1. The molecule has 23 heavy (non-hydrogen) atoms. The Morgan fingerprint density at radius 1 is 1.00 bits per heavy atom. The molecule has 0 fully saturated rings. The number of nitrogens with zero attached hydrogens (tertiary/aromatic N) is 4. The number of aromatic nitrogens is 4. The normalized spacial score (nSPS) is 11.0. The second kappa shape index (κ2) is 5.61. The molecule has 5 heteroatoms. The number of hydrogen-bond acceptors (Lipinski definition) is 3. The van der Waals surface area contributed by atoms with E-state index in [-0.39, 0.29) is 5.82 Å². The van der Waals surface area contributed by atoms with Crippen LogP contribution in [0.1, 0.15) is 5.56 Å². The molecule has 4 rings (SSSR count). The molecule has 0 unspecified atom stereocenters. The summed E-state index contributed by atoms with van der Waals surface area (Å²) in [5.41, 5.74) is 3.35. The highest BCUT2D eigenvalue weighted by Gasteiger charge is 2.14. The molecule has 0 radical (unpaired) electrons. The van der Waals surface area contributed by atoms with Gasteiger partial charge in [-0.25, -0.2) is 14.4 Å². The number of hydrogen-bond donors (Lipinski definition) is 0. The lowest BCUT2D eigenvalue weighted by Crippen LogP contribution is -2.03. The molecule has 0 saturated heterocycles. The summed E-state index contributed by atoms with van der Waals surface area (Å²) in [6, 6.07) is 14.2. The van der Waals surface area contributed by atoms with E-state index in [2.05, 4.69) is 15.0 Å². The average Bonchev–Trinajstić information content (AvgIpc) is 2.95. The van der Waals surface area contributed by atoms with E-state index in [1.54, 1.807) is 24.7 Å². The number of rotatable bonds is 3. The Bertz CT molecular complexity index is 963. The summed E-state index contributed by atoms with van der Waals surface area (Å²) in [7, 11) is 0. The quantitative estimate of drug-likeness (QED) is 0.580. The Hall–Kier alpha value is -3.08. The first kappa shape index (κ1) is 13.6. The molecule has 3 aromatic heterocycles. The molecular formula is C18H13FN4. The standard InChI is InChI=1S/C18H13FN4/c19-15-6-1-4-13(10-15)12-23-17(14-5-2-8-20-11-14)22-16-7-3-9-21-18(16)23/h1-11H,12H2. The van der Waals surface area contributed by atoms with Crippen molar-refractivity contribution in [3.63, 3.8) is 0 Å². The Balaban J connectivity index is 1.89. The topological polar surface area (TPSA) is 43.6 Å². The predicted octanol–water partition coefficient (Wildman–Crippen LogP) is 3.68. The first-order valence-corrected chi connectivity index (χ1v) is 7.27. The van der Waals surface area contributed by atoms with Crippen molar-refractivity contribution in [3.8, 4) is 11.4 Å². The zero-order valence-electron chi connectivity index (χ0n) is 12.2. The maximum atomic E-state index is 13.5. The van der Waals surface area contributed by atoms with Gasteiger partial charge in [-0.1, -0.05) is 12.1 Å². The van der Waals surface area contributed by atoms with Gasteiger partial charge in [0.2, 0.25) is 0 Å². The van der Waals surface area contributed by atoms with Gasteiger partial charge in [0.25, 0.3) is 0 Å². The maximum Gasteiger partial charge on any atom is 0.160 e. The van der Waals surface area contributed by atoms with Gasteiger partial charge in [-0.3, -0.25) is 4.98 Å². The fourth-order valence-electron chi connectivity index (χ4n) is 2.64. The molecule has 0 aliphatic carbocycles. The summed E-state index contributed by atoms with van der Waals surface area (Å²) in [5.74, 6) is 0.527. The zero-order valence-corrected chi connectivity index (χ0v) is 12.2. The van der Waals surface area contributed by atoms with Gasteiger partial charge in [0.05, 0.1) is 6.54 Å². The molecule has 4 nitrogen and oxygen atoms in total. The van der Waals surface area contributed by atoms with Crippen LogP contribution in [0.25, 0.3) is 22.6 Å². The van der Waals surface area contributed by atoms with Gasteiger partial charge >= 0.3 is 0 Å². The number of pyridine rings is 2. The van der Waals surface area contributed by atoms with Gasteiger partial charge in [0, 0.05) is 24.2 Å². The number of imidazole rings is 1. The summed E-state index contributed by atoms with van der Waals surface area (Å²) in [6.07, 6.45) is 5.23. The van der Waals surface area contributed by atoms with Gasteiger partial charge in [-0.05, 0) is 42.0 Å². The van der Waals surface area contributed by atoms with Crippen LogP contribution in [-0.2, 0) is 6.54 Å². The largest absolute Gasteiger partial charge is 0.304 e. The van der Waals surface area contributed by atoms with Crippen LogP contribution in [0.15, 0.2) is 67.1 Å². The van der Waals surface area contributed by atoms with Crippen molar-refractivity contribution < 1.29 is 4.39 Å². The minimum Gasteiger partial charge on any atom is -0.304 e. The van der Waals surface area contributed by atoms with Crippen LogP contribution in [0, 0.1) is 5.82 Å². The van der Waals surface area contributed by atoms with Crippen LogP contribution in [0.4, 0.5) is 4.39 Å². The molecule has 3 heterocycles. The van der Waals surface area contributed by atoms with E-state index in [9.17, 15) is 4.39 Å². The monoisotopic (exact) mass is 304 g/mol. The van der Waals surface area contributed by atoms with E-state index in [4.69, 9.17) is 0 Å². The van der Waals surface area contributed by atoms with Gasteiger partial charge < -0.3 is 4.57 Å². The lowest BCUT2D eigenvalue weighted by Gasteiger charge is -2.09. The third-order valence-electron chi connectivity index (χ3n) is 3.65. The lowest BCUT2D eigenvalue weighted by atomic mass is 10.2. The van der Waals surface area contributed by atoms with Crippen LogP contribution in [0.3, 0.4) is 0 Å². The fourth-order valence-corrected chi connectivity index (χ4v) is 2.64. The number of benzene rings is 1. The summed E-state index contributed by atoms with van der Waals surface area (Å²) in [6.45, 7) is 0.496. The first-order valence-electron chi connectivity index (χ1n) is 7.27. The second-order valence-corrected chi connectivity index (χ2v) is 5.24. The van der Waals surface area contributed by atoms with E-state index in [1.807, 2.05) is 34.9 Å². The average molecular weight is 304 g/mol. The van der Waals surface area contributed by atoms with Crippen LogP contribution < -0.4 is 0 Å². The number of halogens is 1. The van der Waals surface area contributed by atoms with Crippen molar-refractivity contribution in [2.45, 2.75) is 6.54 Å². The summed E-state index contributed by atoms with van der Waals surface area (Å²) >= 11 is 0. The molecule has 4 aromatic rings. The van der Waals surface area contributed by atoms with Gasteiger partial charge in [0.1, 0.15) is 17.2 Å². The van der Waals surface area contributed by atoms with Crippen LogP contribution in [0.2, 0.25) is 0 Å². The van der Waals surface area contributed by atoms with E-state index < -0.39 is 0 Å². The van der Waals surface area contributed by atoms with Crippen molar-refractivity contribution in [2.24, 2.45) is 0 Å². The highest BCUT2D eigenvalue weighted by molar-refractivity contribution is 5.77. The van der Waals surface area contributed by atoms with Crippen LogP contribution in [-0.4, -0.2) is 19.5 Å². The van der Waals surface area contributed by atoms with Crippen molar-refractivity contribution >= 4 is 11.2 Å². The molecule has 0 N–H and O–H groups in total. The van der Waals surface area contributed by atoms with Crippen molar-refractivity contribution in [1.82, 2.24) is 19.5 Å². The van der Waals surface area contributed by atoms with E-state index in [1.165, 1.54) is 12.1 Å². The van der Waals surface area contributed by atoms with Crippen molar-refractivity contribution in [1.29, 1.82) is 0 Å². The second-order valence-electron chi connectivity index (χ2n) is 5.24. The highest BCUT2D eigenvalue weighted by atomic mass is 19.1. The van der Waals surface area contributed by atoms with Gasteiger partial charge in [-0.15, -0.1) is 0 Å². The Morgan fingerprint density at radius 3 is 2.74 bits per heavy atom. The minimum absolute atomic E-state index is 0.247. The third-order valence-corrected chi connectivity index (χ3v) is 3.65. The zero-order chi connectivity index (χ0) is 15.6. The Morgan fingerprint density at radius 2 is 1.91 bits per heavy atom. The maximum absolute atomic E-state index is 13.5. The van der Waals surface area contributed by atoms with Gasteiger partial charge in [0.15, 0.2) is 5.65 Å². The van der Waals surface area contributed by atoms with E-state index in [0.717, 1.165) is 28.1 Å². The summed E-state index contributed by atoms with van der Waals surface area (Å²) in [5, 5.41) is 0. The molecule has 0 amide bonds. The molecule has 112 valence electrons. The van der Waals surface area contributed by atoms with Crippen LogP contribution >= 0.6 is 0 Å². The summed E-state index contributed by atoms with van der Waals surface area (Å²) in [4.78, 5) is 13.3.